The van der Waals surface area contributed by atoms with Crippen LogP contribution in [0.5, 0.6) is 0 Å². The van der Waals surface area contributed by atoms with Crippen molar-refractivity contribution in [2.45, 2.75) is 25.3 Å². The van der Waals surface area contributed by atoms with Gasteiger partial charge in [0.1, 0.15) is 0 Å². The van der Waals surface area contributed by atoms with Crippen LogP contribution in [0.15, 0.2) is 73.2 Å². The van der Waals surface area contributed by atoms with Gasteiger partial charge in [0.15, 0.2) is 0 Å². The Kier molecular flexibility index (Phi) is 4.64. The highest BCUT2D eigenvalue weighted by molar-refractivity contribution is 5.94. The molecular weight excluding hydrogens is 360 g/mol. The van der Waals surface area contributed by atoms with Crippen LogP contribution in [0.25, 0.3) is 10.9 Å². The van der Waals surface area contributed by atoms with Crippen molar-refractivity contribution >= 4 is 16.8 Å². The molecule has 5 heteroatoms. The Balaban J connectivity index is 1.23. The van der Waals surface area contributed by atoms with E-state index in [2.05, 4.69) is 40.5 Å². The highest BCUT2D eigenvalue weighted by atomic mass is 16.2. The van der Waals surface area contributed by atoms with E-state index in [1.165, 1.54) is 16.5 Å². The molecule has 3 heterocycles. The Bertz CT molecular complexity index is 1100. The van der Waals surface area contributed by atoms with Crippen LogP contribution in [-0.2, 0) is 6.54 Å². The lowest BCUT2D eigenvalue weighted by Gasteiger charge is -2.32. The fourth-order valence-electron chi connectivity index (χ4n) is 4.34. The number of H-pyrrole nitrogens is 1. The second kappa shape index (κ2) is 7.59. The summed E-state index contributed by atoms with van der Waals surface area (Å²) >= 11 is 0. The number of aromatic amines is 1. The first-order valence-corrected chi connectivity index (χ1v) is 10.2. The predicted octanol–water partition coefficient (Wildman–Crippen LogP) is 4.43. The lowest BCUT2D eigenvalue weighted by atomic mass is 9.89. The molecule has 0 radical (unpaired) electrons. The van der Waals surface area contributed by atoms with E-state index in [0.717, 1.165) is 43.6 Å². The molecule has 1 N–H and O–H groups in total. The molecule has 1 fully saturated rings. The number of fused-ring (bicyclic) bond motifs is 1. The molecule has 0 spiro atoms. The zero-order valence-electron chi connectivity index (χ0n) is 16.3. The summed E-state index contributed by atoms with van der Waals surface area (Å²) in [5.41, 5.74) is 4.48. The maximum Gasteiger partial charge on any atom is 0.253 e. The van der Waals surface area contributed by atoms with Gasteiger partial charge in [-0.2, -0.15) is 5.10 Å². The molecule has 1 saturated heterocycles. The summed E-state index contributed by atoms with van der Waals surface area (Å²) in [7, 11) is 0. The van der Waals surface area contributed by atoms with Crippen molar-refractivity contribution in [2.75, 3.05) is 13.1 Å². The highest BCUT2D eigenvalue weighted by Crippen LogP contribution is 2.33. The molecule has 5 nitrogen and oxygen atoms in total. The van der Waals surface area contributed by atoms with Gasteiger partial charge in [0.2, 0.25) is 0 Å². The Hall–Kier alpha value is -3.34. The smallest absolute Gasteiger partial charge is 0.253 e. The van der Waals surface area contributed by atoms with Crippen LogP contribution >= 0.6 is 0 Å². The number of nitrogens with zero attached hydrogens (tertiary/aromatic N) is 3. The summed E-state index contributed by atoms with van der Waals surface area (Å²) in [5, 5.41) is 5.54. The first-order valence-electron chi connectivity index (χ1n) is 10.2. The van der Waals surface area contributed by atoms with Crippen LogP contribution in [0, 0.1) is 0 Å². The first-order chi connectivity index (χ1) is 14.3. The van der Waals surface area contributed by atoms with Crippen molar-refractivity contribution in [1.82, 2.24) is 19.7 Å². The van der Waals surface area contributed by atoms with Crippen molar-refractivity contribution in [3.8, 4) is 0 Å². The molecule has 1 amide bonds. The van der Waals surface area contributed by atoms with Gasteiger partial charge in [0, 0.05) is 48.1 Å². The lowest BCUT2D eigenvalue weighted by molar-refractivity contribution is 0.0713. The summed E-state index contributed by atoms with van der Waals surface area (Å²) in [6, 6.07) is 18.3. The molecule has 29 heavy (non-hydrogen) atoms. The quantitative estimate of drug-likeness (QED) is 0.566. The summed E-state index contributed by atoms with van der Waals surface area (Å²) < 4.78 is 1.88. The number of piperidine rings is 1. The molecule has 0 saturated carbocycles. The number of nitrogens with one attached hydrogen (secondary N) is 1. The van der Waals surface area contributed by atoms with Crippen molar-refractivity contribution in [1.29, 1.82) is 0 Å². The van der Waals surface area contributed by atoms with Gasteiger partial charge in [0.25, 0.3) is 5.91 Å². The molecule has 0 aliphatic carbocycles. The minimum absolute atomic E-state index is 0.132. The monoisotopic (exact) mass is 384 g/mol. The fourth-order valence-corrected chi connectivity index (χ4v) is 4.34. The number of benzene rings is 2. The third kappa shape index (κ3) is 3.56. The molecule has 4 aromatic rings. The first kappa shape index (κ1) is 17.7. The van der Waals surface area contributed by atoms with Crippen molar-refractivity contribution in [3.63, 3.8) is 0 Å². The average molecular weight is 384 g/mol. The van der Waals surface area contributed by atoms with E-state index in [1.807, 2.05) is 46.1 Å². The third-order valence-electron chi connectivity index (χ3n) is 5.95. The number of hydrogen-bond acceptors (Lipinski definition) is 2. The van der Waals surface area contributed by atoms with E-state index in [1.54, 1.807) is 6.20 Å². The fraction of sp³-hybridized carbons (Fsp3) is 0.250. The normalized spacial score (nSPS) is 15.1. The second-order valence-electron chi connectivity index (χ2n) is 7.76. The van der Waals surface area contributed by atoms with E-state index in [0.29, 0.717) is 5.92 Å². The van der Waals surface area contributed by atoms with Gasteiger partial charge in [0.05, 0.1) is 6.54 Å². The van der Waals surface area contributed by atoms with Crippen LogP contribution in [0.1, 0.15) is 40.2 Å². The zero-order valence-corrected chi connectivity index (χ0v) is 16.3. The van der Waals surface area contributed by atoms with Crippen LogP contribution < -0.4 is 0 Å². The van der Waals surface area contributed by atoms with Gasteiger partial charge in [-0.3, -0.25) is 9.48 Å². The van der Waals surface area contributed by atoms with Crippen LogP contribution in [0.2, 0.25) is 0 Å². The van der Waals surface area contributed by atoms with E-state index in [-0.39, 0.29) is 5.91 Å². The Morgan fingerprint density at radius 2 is 1.83 bits per heavy atom. The second-order valence-corrected chi connectivity index (χ2v) is 7.76. The molecule has 1 aliphatic heterocycles. The standard InChI is InChI=1S/C24H24N4O/c29-24(20-8-6-18(7-9-20)17-28-13-3-12-26-28)27-14-10-19(11-15-27)22-16-25-23-5-2-1-4-21(22)23/h1-9,12-13,16,19,25H,10-11,14-15,17H2. The maximum absolute atomic E-state index is 12.9. The molecular formula is C24H24N4O. The van der Waals surface area contributed by atoms with E-state index < -0.39 is 0 Å². The van der Waals surface area contributed by atoms with Gasteiger partial charge >= 0.3 is 0 Å². The Morgan fingerprint density at radius 3 is 2.59 bits per heavy atom. The number of rotatable bonds is 4. The van der Waals surface area contributed by atoms with Crippen molar-refractivity contribution < 1.29 is 4.79 Å². The molecule has 0 unspecified atom stereocenters. The van der Waals surface area contributed by atoms with Crippen LogP contribution in [0.3, 0.4) is 0 Å². The van der Waals surface area contributed by atoms with Crippen LogP contribution in [-0.4, -0.2) is 38.7 Å². The third-order valence-corrected chi connectivity index (χ3v) is 5.95. The van der Waals surface area contributed by atoms with E-state index in [9.17, 15) is 4.79 Å². The van der Waals surface area contributed by atoms with Crippen molar-refractivity contribution in [2.24, 2.45) is 0 Å². The summed E-state index contributed by atoms with van der Waals surface area (Å²) in [4.78, 5) is 18.3. The minimum atomic E-state index is 0.132. The molecule has 0 bridgehead atoms. The number of para-hydroxylation sites is 1. The number of carbonyl (C=O) groups excluding carboxylic acids is 1. The Labute approximate surface area is 170 Å². The van der Waals surface area contributed by atoms with Gasteiger partial charge in [-0.25, -0.2) is 0 Å². The topological polar surface area (TPSA) is 53.9 Å². The number of carbonyl (C=O) groups is 1. The maximum atomic E-state index is 12.9. The van der Waals surface area contributed by atoms with Gasteiger partial charge in [-0.15, -0.1) is 0 Å². The van der Waals surface area contributed by atoms with Crippen molar-refractivity contribution in [3.05, 3.63) is 89.9 Å². The highest BCUT2D eigenvalue weighted by Gasteiger charge is 2.26. The number of likely N-dealkylation sites (tertiary alicyclic amines) is 1. The molecule has 5 rings (SSSR count). The molecule has 2 aromatic carbocycles. The van der Waals surface area contributed by atoms with E-state index in [4.69, 9.17) is 0 Å². The largest absolute Gasteiger partial charge is 0.361 e. The van der Waals surface area contributed by atoms with E-state index >= 15 is 0 Å². The SMILES string of the molecule is O=C(c1ccc(Cn2cccn2)cc1)N1CCC(c2c[nH]c3ccccc23)CC1. The summed E-state index contributed by atoms with van der Waals surface area (Å²) in [6.45, 7) is 2.33. The molecule has 1 aliphatic rings. The van der Waals surface area contributed by atoms with Crippen LogP contribution in [0.4, 0.5) is 0 Å². The summed E-state index contributed by atoms with van der Waals surface area (Å²) in [5.74, 6) is 0.639. The predicted molar refractivity (Wildman–Crippen MR) is 114 cm³/mol. The number of hydrogen-bond donors (Lipinski definition) is 1. The van der Waals surface area contributed by atoms with Gasteiger partial charge in [-0.1, -0.05) is 30.3 Å². The zero-order chi connectivity index (χ0) is 19.6. The van der Waals surface area contributed by atoms with Gasteiger partial charge < -0.3 is 9.88 Å². The molecule has 0 atom stereocenters. The lowest BCUT2D eigenvalue weighted by Crippen LogP contribution is -2.37. The average Bonchev–Trinajstić information content (AvgIpc) is 3.44. The Morgan fingerprint density at radius 1 is 1.03 bits per heavy atom. The number of aromatic nitrogens is 3. The molecule has 146 valence electrons. The minimum Gasteiger partial charge on any atom is -0.361 e. The van der Waals surface area contributed by atoms with Gasteiger partial charge in [-0.05, 0) is 54.2 Å². The summed E-state index contributed by atoms with van der Waals surface area (Å²) in [6.07, 6.45) is 7.87. The number of amides is 1. The molecule has 2 aromatic heterocycles.